The molecule has 3 nitrogen and oxygen atoms in total. The SMILES string of the molecule is Cp1c2ccccc2c2cccc(-c3cc(-c4nc5c(-c6ccccc6)cc(-c6ccccc6)cn5n4)cc(-c4cc5ccccc5c5ccccc45)c3)c21. The fourth-order valence-corrected chi connectivity index (χ4v) is 10.8. The molecule has 1 unspecified atom stereocenters. The van der Waals surface area contributed by atoms with Crippen LogP contribution in [0.25, 0.3) is 104 Å². The van der Waals surface area contributed by atoms with Gasteiger partial charge in [0.15, 0.2) is 11.5 Å². The Morgan fingerprint density at radius 3 is 1.84 bits per heavy atom. The maximum absolute atomic E-state index is 5.35. The monoisotopic (exact) mass is 719 g/mol. The van der Waals surface area contributed by atoms with Crippen LogP contribution in [0.2, 0.25) is 0 Å². The molecule has 3 heterocycles. The van der Waals surface area contributed by atoms with Gasteiger partial charge in [0.25, 0.3) is 0 Å². The van der Waals surface area contributed by atoms with E-state index in [2.05, 4.69) is 195 Å². The quantitative estimate of drug-likeness (QED) is 0.166. The largest absolute Gasteiger partial charge is 0.219 e. The topological polar surface area (TPSA) is 30.2 Å². The zero-order valence-corrected chi connectivity index (χ0v) is 31.1. The zero-order chi connectivity index (χ0) is 36.5. The lowest BCUT2D eigenvalue weighted by Gasteiger charge is -2.14. The van der Waals surface area contributed by atoms with E-state index in [0.717, 1.165) is 39.0 Å². The van der Waals surface area contributed by atoms with Crippen molar-refractivity contribution in [2.75, 3.05) is 0 Å². The van der Waals surface area contributed by atoms with Crippen LogP contribution in [0.1, 0.15) is 0 Å². The number of pyridine rings is 1. The lowest BCUT2D eigenvalue weighted by molar-refractivity contribution is 0.968. The summed E-state index contributed by atoms with van der Waals surface area (Å²) in [6, 6.07) is 65.9. The van der Waals surface area contributed by atoms with Crippen molar-refractivity contribution in [2.45, 2.75) is 0 Å². The van der Waals surface area contributed by atoms with E-state index in [-0.39, 0.29) is 0 Å². The predicted octanol–water partition coefficient (Wildman–Crippen LogP) is 14.2. The molecular weight excluding hydrogens is 686 g/mol. The minimum Gasteiger partial charge on any atom is -0.219 e. The Kier molecular flexibility index (Phi) is 7.30. The van der Waals surface area contributed by atoms with Crippen LogP contribution in [-0.4, -0.2) is 14.6 Å². The lowest BCUT2D eigenvalue weighted by Crippen LogP contribution is -1.93. The molecule has 0 aliphatic rings. The molecule has 0 bridgehead atoms. The highest BCUT2D eigenvalue weighted by Crippen LogP contribution is 2.51. The molecule has 0 saturated heterocycles. The Hall–Kier alpha value is -6.80. The van der Waals surface area contributed by atoms with Crippen molar-refractivity contribution in [3.8, 4) is 55.9 Å². The molecule has 55 heavy (non-hydrogen) atoms. The van der Waals surface area contributed by atoms with Crippen molar-refractivity contribution in [3.63, 3.8) is 0 Å². The van der Waals surface area contributed by atoms with Gasteiger partial charge in [0.2, 0.25) is 0 Å². The van der Waals surface area contributed by atoms with Gasteiger partial charge >= 0.3 is 0 Å². The van der Waals surface area contributed by atoms with Gasteiger partial charge < -0.3 is 0 Å². The lowest BCUT2D eigenvalue weighted by atomic mass is 9.90. The molecule has 11 rings (SSSR count). The Balaban J connectivity index is 1.20. The first-order valence-corrected chi connectivity index (χ1v) is 20.5. The van der Waals surface area contributed by atoms with Crippen LogP contribution in [0.4, 0.5) is 0 Å². The van der Waals surface area contributed by atoms with Gasteiger partial charge in [0.1, 0.15) is 0 Å². The van der Waals surface area contributed by atoms with E-state index in [9.17, 15) is 0 Å². The summed E-state index contributed by atoms with van der Waals surface area (Å²) >= 11 is 0. The molecule has 0 saturated carbocycles. The number of hydrogen-bond acceptors (Lipinski definition) is 2. The molecule has 0 aliphatic heterocycles. The summed E-state index contributed by atoms with van der Waals surface area (Å²) in [5.41, 5.74) is 11.0. The van der Waals surface area contributed by atoms with Crippen LogP contribution < -0.4 is 0 Å². The first-order valence-electron chi connectivity index (χ1n) is 18.7. The molecule has 1 atom stereocenters. The van der Waals surface area contributed by atoms with Gasteiger partial charge in [-0.1, -0.05) is 152 Å². The minimum atomic E-state index is -0.528. The second-order valence-corrected chi connectivity index (χ2v) is 16.4. The molecule has 3 aromatic heterocycles. The zero-order valence-electron chi connectivity index (χ0n) is 30.2. The molecule has 0 fully saturated rings. The van der Waals surface area contributed by atoms with Gasteiger partial charge in [-0.15, -0.1) is 12.6 Å². The third-order valence-corrected chi connectivity index (χ3v) is 13.4. The molecule has 258 valence electrons. The molecule has 4 heteroatoms. The average molecular weight is 720 g/mol. The molecular formula is C51H34N3P. The third kappa shape index (κ3) is 5.20. The number of aromatic nitrogens is 3. The van der Waals surface area contributed by atoms with Crippen molar-refractivity contribution in [2.24, 2.45) is 6.66 Å². The van der Waals surface area contributed by atoms with E-state index >= 15 is 0 Å². The van der Waals surface area contributed by atoms with E-state index in [1.165, 1.54) is 59.2 Å². The Morgan fingerprint density at radius 1 is 0.418 bits per heavy atom. The number of nitrogens with zero attached hydrogens (tertiary/aromatic N) is 3. The summed E-state index contributed by atoms with van der Waals surface area (Å²) < 4.78 is 1.97. The van der Waals surface area contributed by atoms with Crippen LogP contribution in [0, 0.1) is 0 Å². The highest BCUT2D eigenvalue weighted by Gasteiger charge is 2.19. The molecule has 0 spiro atoms. The number of aryl methyl sites for hydroxylation is 1. The summed E-state index contributed by atoms with van der Waals surface area (Å²) in [4.78, 5) is 5.35. The predicted molar refractivity (Wildman–Crippen MR) is 234 cm³/mol. The van der Waals surface area contributed by atoms with Gasteiger partial charge in [-0.05, 0) is 103 Å². The van der Waals surface area contributed by atoms with Crippen LogP contribution in [0.3, 0.4) is 0 Å². The first-order chi connectivity index (χ1) is 27.2. The van der Waals surface area contributed by atoms with Crippen molar-refractivity contribution >= 4 is 55.7 Å². The Bertz CT molecular complexity index is 3270. The number of benzene rings is 8. The maximum atomic E-state index is 5.35. The van der Waals surface area contributed by atoms with E-state index in [0.29, 0.717) is 5.82 Å². The summed E-state index contributed by atoms with van der Waals surface area (Å²) in [7, 11) is -0.528. The van der Waals surface area contributed by atoms with Crippen molar-refractivity contribution in [3.05, 3.63) is 188 Å². The summed E-state index contributed by atoms with van der Waals surface area (Å²) in [5.74, 6) is 0.699. The van der Waals surface area contributed by atoms with Gasteiger partial charge in [-0.3, -0.25) is 0 Å². The van der Waals surface area contributed by atoms with Crippen molar-refractivity contribution < 1.29 is 0 Å². The number of fused-ring (bicyclic) bond motifs is 7. The number of rotatable bonds is 5. The fraction of sp³-hybridized carbons (Fsp3) is 0.0196. The molecule has 0 radical (unpaired) electrons. The van der Waals surface area contributed by atoms with Gasteiger partial charge in [-0.25, -0.2) is 9.50 Å². The Labute approximate surface area is 319 Å². The van der Waals surface area contributed by atoms with E-state index < -0.39 is 7.53 Å². The van der Waals surface area contributed by atoms with Gasteiger partial charge in [0, 0.05) is 33.1 Å². The second-order valence-electron chi connectivity index (χ2n) is 14.3. The summed E-state index contributed by atoms with van der Waals surface area (Å²) in [6.07, 6.45) is 2.11. The van der Waals surface area contributed by atoms with Gasteiger partial charge in [0.05, 0.1) is 0 Å². The highest BCUT2D eigenvalue weighted by atomic mass is 31.1. The standard InChI is InChI=1S/C51H34N3P/c1-55-48-26-13-12-23-44(48)45-25-14-24-41(49(45)55)36-27-37(46-30-35-19-8-9-20-40(35)42-21-10-11-22-43(42)46)29-38(28-36)50-52-51-47(34-17-6-3-7-18-34)31-39(32-54(51)53-50)33-15-4-2-5-16-33/h2-32H,1H3. The van der Waals surface area contributed by atoms with Crippen molar-refractivity contribution in [1.29, 1.82) is 0 Å². The number of hydrogen-bond donors (Lipinski definition) is 0. The Morgan fingerprint density at radius 2 is 1.04 bits per heavy atom. The summed E-state index contributed by atoms with van der Waals surface area (Å²) in [6.45, 7) is 2.41. The van der Waals surface area contributed by atoms with Crippen LogP contribution in [0.15, 0.2) is 188 Å². The second kappa shape index (κ2) is 12.7. The molecule has 0 aliphatic carbocycles. The van der Waals surface area contributed by atoms with E-state index in [4.69, 9.17) is 10.1 Å². The first kappa shape index (κ1) is 31.7. The fourth-order valence-electron chi connectivity index (χ4n) is 8.56. The minimum absolute atomic E-state index is 0.528. The molecule has 11 aromatic rings. The molecule has 0 N–H and O–H groups in total. The summed E-state index contributed by atoms with van der Waals surface area (Å²) in [5, 5.41) is 15.8. The average Bonchev–Trinajstić information content (AvgIpc) is 3.82. The van der Waals surface area contributed by atoms with Crippen LogP contribution >= 0.6 is 7.53 Å². The van der Waals surface area contributed by atoms with E-state index in [1.807, 2.05) is 4.52 Å². The smallest absolute Gasteiger partial charge is 0.182 e. The normalized spacial score (nSPS) is 12.1. The van der Waals surface area contributed by atoms with Crippen LogP contribution in [0.5, 0.6) is 0 Å². The maximum Gasteiger partial charge on any atom is 0.182 e. The van der Waals surface area contributed by atoms with Gasteiger partial charge in [-0.2, -0.15) is 0 Å². The molecule has 0 amide bonds. The van der Waals surface area contributed by atoms with E-state index in [1.54, 1.807) is 0 Å². The highest BCUT2D eigenvalue weighted by molar-refractivity contribution is 7.60. The van der Waals surface area contributed by atoms with Crippen molar-refractivity contribution in [1.82, 2.24) is 14.6 Å². The van der Waals surface area contributed by atoms with Crippen LogP contribution in [-0.2, 0) is 6.66 Å². The molecule has 8 aromatic carbocycles. The third-order valence-electron chi connectivity index (χ3n) is 11.1.